The van der Waals surface area contributed by atoms with Crippen LogP contribution in [0.1, 0.15) is 19.5 Å². The van der Waals surface area contributed by atoms with Crippen LogP contribution in [0.3, 0.4) is 0 Å². The summed E-state index contributed by atoms with van der Waals surface area (Å²) in [6, 6.07) is 5.59. The molecule has 10 heteroatoms. The van der Waals surface area contributed by atoms with Crippen LogP contribution in [0.4, 0.5) is 5.88 Å². The summed E-state index contributed by atoms with van der Waals surface area (Å²) in [6.45, 7) is 11.2. The fraction of sp³-hybridized carbons (Fsp3) is 0.591. The van der Waals surface area contributed by atoms with Gasteiger partial charge >= 0.3 is 0 Å². The van der Waals surface area contributed by atoms with E-state index in [9.17, 15) is 10.1 Å². The van der Waals surface area contributed by atoms with Gasteiger partial charge in [0.2, 0.25) is 17.5 Å². The number of carbonyl (C=O) groups is 1. The molecule has 0 atom stereocenters. The lowest BCUT2D eigenvalue weighted by molar-refractivity contribution is -0.123. The Morgan fingerprint density at radius 3 is 2.62 bits per heavy atom. The van der Waals surface area contributed by atoms with Crippen LogP contribution in [0.2, 0.25) is 0 Å². The number of morpholine rings is 1. The van der Waals surface area contributed by atoms with E-state index in [-0.39, 0.29) is 17.1 Å². The maximum absolute atomic E-state index is 12.5. The predicted molar refractivity (Wildman–Crippen MR) is 117 cm³/mol. The standard InChI is InChI=1S/C22H30N6O4/c1-22(2,28-9-12-30-13-10-28)16-24-19(29)15-26-5-7-27(8-6-26)21-17(14-23)25-20(32-21)18-4-3-11-31-18/h3-4,11H,5-10,12-13,15-16H2,1-2H3,(H,24,29). The highest BCUT2D eigenvalue weighted by atomic mass is 16.5. The van der Waals surface area contributed by atoms with Gasteiger partial charge in [0.25, 0.3) is 5.89 Å². The highest BCUT2D eigenvalue weighted by Crippen LogP contribution is 2.29. The van der Waals surface area contributed by atoms with Crippen molar-refractivity contribution < 1.29 is 18.4 Å². The Labute approximate surface area is 187 Å². The summed E-state index contributed by atoms with van der Waals surface area (Å²) in [7, 11) is 0. The number of nitriles is 1. The number of ether oxygens (including phenoxy) is 1. The van der Waals surface area contributed by atoms with Gasteiger partial charge in [0.1, 0.15) is 6.07 Å². The third-order valence-corrected chi connectivity index (χ3v) is 6.06. The first-order valence-corrected chi connectivity index (χ1v) is 11.0. The van der Waals surface area contributed by atoms with E-state index in [1.807, 2.05) is 4.90 Å². The first-order valence-electron chi connectivity index (χ1n) is 11.0. The Balaban J connectivity index is 1.26. The molecular formula is C22H30N6O4. The van der Waals surface area contributed by atoms with Crippen LogP contribution in [0.25, 0.3) is 11.7 Å². The number of piperazine rings is 1. The molecule has 4 rings (SSSR count). The second-order valence-corrected chi connectivity index (χ2v) is 8.71. The lowest BCUT2D eigenvalue weighted by Crippen LogP contribution is -2.56. The second kappa shape index (κ2) is 9.73. The zero-order valence-corrected chi connectivity index (χ0v) is 18.7. The molecule has 2 aromatic heterocycles. The maximum atomic E-state index is 12.5. The Hall–Kier alpha value is -2.87. The van der Waals surface area contributed by atoms with Gasteiger partial charge in [0.15, 0.2) is 5.76 Å². The number of hydrogen-bond acceptors (Lipinski definition) is 9. The fourth-order valence-electron chi connectivity index (χ4n) is 4.07. The lowest BCUT2D eigenvalue weighted by atomic mass is 10.0. The van der Waals surface area contributed by atoms with Gasteiger partial charge in [-0.25, -0.2) is 0 Å². The van der Waals surface area contributed by atoms with Crippen molar-refractivity contribution in [3.05, 3.63) is 24.1 Å². The Morgan fingerprint density at radius 1 is 1.22 bits per heavy atom. The van der Waals surface area contributed by atoms with E-state index >= 15 is 0 Å². The monoisotopic (exact) mass is 442 g/mol. The number of furan rings is 1. The molecule has 0 bridgehead atoms. The molecule has 0 spiro atoms. The summed E-state index contributed by atoms with van der Waals surface area (Å²) >= 11 is 0. The number of rotatable bonds is 7. The van der Waals surface area contributed by atoms with Crippen LogP contribution in [-0.4, -0.2) is 91.8 Å². The zero-order valence-electron chi connectivity index (χ0n) is 18.7. The van der Waals surface area contributed by atoms with E-state index in [4.69, 9.17) is 13.6 Å². The van der Waals surface area contributed by atoms with Crippen LogP contribution in [0.15, 0.2) is 27.2 Å². The van der Waals surface area contributed by atoms with Crippen molar-refractivity contribution >= 4 is 11.8 Å². The van der Waals surface area contributed by atoms with Crippen molar-refractivity contribution in [1.29, 1.82) is 5.26 Å². The maximum Gasteiger partial charge on any atom is 0.266 e. The number of aromatic nitrogens is 1. The smallest absolute Gasteiger partial charge is 0.266 e. The molecule has 0 aromatic carbocycles. The minimum absolute atomic E-state index is 0.0252. The first kappa shape index (κ1) is 22.3. The van der Waals surface area contributed by atoms with Crippen LogP contribution in [0, 0.1) is 11.3 Å². The number of carbonyl (C=O) groups excluding carboxylic acids is 1. The van der Waals surface area contributed by atoms with Crippen molar-refractivity contribution in [3.8, 4) is 17.7 Å². The molecule has 32 heavy (non-hydrogen) atoms. The second-order valence-electron chi connectivity index (χ2n) is 8.71. The van der Waals surface area contributed by atoms with E-state index in [1.54, 1.807) is 12.1 Å². The number of oxazole rings is 1. The van der Waals surface area contributed by atoms with Crippen LogP contribution < -0.4 is 10.2 Å². The highest BCUT2D eigenvalue weighted by molar-refractivity contribution is 5.78. The molecule has 2 fully saturated rings. The number of nitrogens with one attached hydrogen (secondary N) is 1. The van der Waals surface area contributed by atoms with Crippen molar-refractivity contribution in [2.75, 3.05) is 70.5 Å². The summed E-state index contributed by atoms with van der Waals surface area (Å²) in [5, 5.41) is 12.5. The third kappa shape index (κ3) is 5.12. The Bertz CT molecular complexity index is 934. The molecule has 1 N–H and O–H groups in total. The molecule has 0 saturated carbocycles. The van der Waals surface area contributed by atoms with Gasteiger partial charge in [-0.2, -0.15) is 10.2 Å². The average Bonchev–Trinajstić information content (AvgIpc) is 3.49. The number of hydrogen-bond donors (Lipinski definition) is 1. The predicted octanol–water partition coefficient (Wildman–Crippen LogP) is 1.16. The molecule has 172 valence electrons. The normalized spacial score (nSPS) is 18.5. The molecule has 0 radical (unpaired) electrons. The van der Waals surface area contributed by atoms with Gasteiger partial charge in [0, 0.05) is 51.4 Å². The largest absolute Gasteiger partial charge is 0.459 e. The van der Waals surface area contributed by atoms with Gasteiger partial charge in [-0.1, -0.05) is 0 Å². The van der Waals surface area contributed by atoms with E-state index < -0.39 is 0 Å². The Kier molecular flexibility index (Phi) is 6.79. The van der Waals surface area contributed by atoms with E-state index in [0.29, 0.717) is 56.8 Å². The number of nitrogens with zero attached hydrogens (tertiary/aromatic N) is 5. The number of anilines is 1. The summed E-state index contributed by atoms with van der Waals surface area (Å²) in [5.41, 5.74) is 0.136. The van der Waals surface area contributed by atoms with E-state index in [1.165, 1.54) is 6.26 Å². The molecule has 2 aliphatic rings. The summed E-state index contributed by atoms with van der Waals surface area (Å²) in [5.74, 6) is 1.27. The van der Waals surface area contributed by atoms with Crippen molar-refractivity contribution in [2.45, 2.75) is 19.4 Å². The summed E-state index contributed by atoms with van der Waals surface area (Å²) in [4.78, 5) is 23.2. The molecule has 1 amide bonds. The number of amides is 1. The molecule has 2 aromatic rings. The average molecular weight is 443 g/mol. The molecule has 10 nitrogen and oxygen atoms in total. The summed E-state index contributed by atoms with van der Waals surface area (Å²) < 4.78 is 16.6. The fourth-order valence-corrected chi connectivity index (χ4v) is 4.07. The molecule has 4 heterocycles. The molecule has 2 saturated heterocycles. The van der Waals surface area contributed by atoms with Crippen molar-refractivity contribution in [2.24, 2.45) is 0 Å². The molecule has 0 unspecified atom stereocenters. The van der Waals surface area contributed by atoms with E-state index in [0.717, 1.165) is 26.3 Å². The minimum atomic E-state index is -0.107. The third-order valence-electron chi connectivity index (χ3n) is 6.06. The quantitative estimate of drug-likeness (QED) is 0.675. The Morgan fingerprint density at radius 2 is 1.97 bits per heavy atom. The van der Waals surface area contributed by atoms with Crippen LogP contribution in [-0.2, 0) is 9.53 Å². The van der Waals surface area contributed by atoms with Crippen LogP contribution >= 0.6 is 0 Å². The summed E-state index contributed by atoms with van der Waals surface area (Å²) in [6.07, 6.45) is 1.54. The van der Waals surface area contributed by atoms with Gasteiger partial charge in [0.05, 0.1) is 26.0 Å². The lowest BCUT2D eigenvalue weighted by Gasteiger charge is -2.41. The van der Waals surface area contributed by atoms with Gasteiger partial charge < -0.3 is 23.8 Å². The molecular weight excluding hydrogens is 412 g/mol. The van der Waals surface area contributed by atoms with Gasteiger partial charge in [-0.3, -0.25) is 14.6 Å². The van der Waals surface area contributed by atoms with Gasteiger partial charge in [-0.05, 0) is 26.0 Å². The molecule has 2 aliphatic heterocycles. The van der Waals surface area contributed by atoms with E-state index in [2.05, 4.69) is 40.0 Å². The SMILES string of the molecule is CC(C)(CNC(=O)CN1CCN(c2oc(-c3ccco3)nc2C#N)CC1)N1CCOCC1. The first-order chi connectivity index (χ1) is 15.5. The zero-order chi connectivity index (χ0) is 22.6. The molecule has 0 aliphatic carbocycles. The minimum Gasteiger partial charge on any atom is -0.459 e. The van der Waals surface area contributed by atoms with Gasteiger partial charge in [-0.15, -0.1) is 0 Å². The van der Waals surface area contributed by atoms with Crippen LogP contribution in [0.5, 0.6) is 0 Å². The highest BCUT2D eigenvalue weighted by Gasteiger charge is 2.29. The topological polar surface area (TPSA) is 111 Å². The van der Waals surface area contributed by atoms with Crippen molar-refractivity contribution in [1.82, 2.24) is 20.1 Å². The van der Waals surface area contributed by atoms with Crippen molar-refractivity contribution in [3.63, 3.8) is 0 Å².